The molecular weight excluding hydrogens is 338 g/mol. The van der Waals surface area contributed by atoms with Crippen molar-refractivity contribution in [1.29, 1.82) is 0 Å². The van der Waals surface area contributed by atoms with E-state index in [2.05, 4.69) is 46.9 Å². The number of benzene rings is 1. The van der Waals surface area contributed by atoms with Crippen molar-refractivity contribution in [3.05, 3.63) is 83.3 Å². The summed E-state index contributed by atoms with van der Waals surface area (Å²) in [6.45, 7) is 4.54. The molecular formula is C22H23N3O2. The molecule has 138 valence electrons. The molecule has 0 aliphatic heterocycles. The van der Waals surface area contributed by atoms with Crippen LogP contribution in [0.4, 0.5) is 0 Å². The largest absolute Gasteiger partial charge is 0.481 e. The smallest absolute Gasteiger partial charge is 0.244 e. The molecule has 0 saturated heterocycles. The number of nitrogens with zero attached hydrogens (tertiary/aromatic N) is 2. The average molecular weight is 361 g/mol. The van der Waals surface area contributed by atoms with E-state index >= 15 is 0 Å². The van der Waals surface area contributed by atoms with Crippen molar-refractivity contribution in [1.82, 2.24) is 14.9 Å². The predicted octanol–water partition coefficient (Wildman–Crippen LogP) is 3.83. The monoisotopic (exact) mass is 361 g/mol. The third kappa shape index (κ3) is 4.44. The number of methoxy groups -OCH3 is 1. The predicted molar refractivity (Wildman–Crippen MR) is 107 cm³/mol. The Balaban J connectivity index is 1.66. The van der Waals surface area contributed by atoms with Gasteiger partial charge in [-0.05, 0) is 49.2 Å². The molecule has 2 heterocycles. The summed E-state index contributed by atoms with van der Waals surface area (Å²) in [5.41, 5.74) is 5.28. The van der Waals surface area contributed by atoms with E-state index in [1.54, 1.807) is 25.4 Å². The van der Waals surface area contributed by atoms with Crippen LogP contribution in [-0.2, 0) is 11.3 Å². The van der Waals surface area contributed by atoms with Crippen LogP contribution in [0.2, 0.25) is 0 Å². The summed E-state index contributed by atoms with van der Waals surface area (Å²) in [7, 11) is 1.57. The Morgan fingerprint density at radius 2 is 1.96 bits per heavy atom. The van der Waals surface area contributed by atoms with Crippen molar-refractivity contribution in [2.24, 2.45) is 0 Å². The third-order valence-corrected chi connectivity index (χ3v) is 4.37. The first kappa shape index (κ1) is 18.5. The number of aryl methyl sites for hydroxylation is 1. The van der Waals surface area contributed by atoms with Crippen molar-refractivity contribution in [3.63, 3.8) is 0 Å². The Bertz CT molecular complexity index is 942. The molecule has 0 bridgehead atoms. The number of amides is 1. The fourth-order valence-electron chi connectivity index (χ4n) is 2.98. The Morgan fingerprint density at radius 1 is 1.19 bits per heavy atom. The second kappa shape index (κ2) is 8.36. The lowest BCUT2D eigenvalue weighted by molar-refractivity contribution is -0.116. The maximum absolute atomic E-state index is 12.1. The molecule has 0 aliphatic rings. The number of hydrogen-bond donors (Lipinski definition) is 1. The van der Waals surface area contributed by atoms with Gasteiger partial charge in [-0.1, -0.05) is 24.3 Å². The summed E-state index contributed by atoms with van der Waals surface area (Å²) >= 11 is 0. The van der Waals surface area contributed by atoms with Gasteiger partial charge in [-0.2, -0.15) is 0 Å². The van der Waals surface area contributed by atoms with Crippen molar-refractivity contribution in [2.45, 2.75) is 20.4 Å². The molecule has 0 atom stereocenters. The Kier molecular flexibility index (Phi) is 5.71. The lowest BCUT2D eigenvalue weighted by atomic mass is 10.2. The van der Waals surface area contributed by atoms with Crippen LogP contribution in [0.25, 0.3) is 11.8 Å². The van der Waals surface area contributed by atoms with Gasteiger partial charge in [0, 0.05) is 42.0 Å². The van der Waals surface area contributed by atoms with Gasteiger partial charge in [0.05, 0.1) is 7.11 Å². The number of nitrogens with one attached hydrogen (secondary N) is 1. The van der Waals surface area contributed by atoms with Gasteiger partial charge in [0.2, 0.25) is 11.8 Å². The average Bonchev–Trinajstić information content (AvgIpc) is 2.99. The first-order valence-corrected chi connectivity index (χ1v) is 8.77. The number of pyridine rings is 1. The van der Waals surface area contributed by atoms with Crippen LogP contribution in [0, 0.1) is 13.8 Å². The highest BCUT2D eigenvalue weighted by molar-refractivity contribution is 5.91. The molecule has 3 aromatic rings. The number of hydrogen-bond acceptors (Lipinski definition) is 3. The van der Waals surface area contributed by atoms with Gasteiger partial charge in [0.25, 0.3) is 0 Å². The fourth-order valence-corrected chi connectivity index (χ4v) is 2.98. The van der Waals surface area contributed by atoms with Crippen LogP contribution >= 0.6 is 0 Å². The minimum Gasteiger partial charge on any atom is -0.481 e. The minimum atomic E-state index is -0.143. The van der Waals surface area contributed by atoms with E-state index in [0.29, 0.717) is 12.4 Å². The van der Waals surface area contributed by atoms with Crippen molar-refractivity contribution in [3.8, 4) is 11.6 Å². The zero-order valence-electron chi connectivity index (χ0n) is 15.8. The summed E-state index contributed by atoms with van der Waals surface area (Å²) in [4.78, 5) is 16.3. The molecule has 1 aromatic carbocycles. The highest BCUT2D eigenvalue weighted by Crippen LogP contribution is 2.21. The summed E-state index contributed by atoms with van der Waals surface area (Å²) in [5.74, 6) is 0.411. The number of carbonyl (C=O) groups is 1. The van der Waals surface area contributed by atoms with E-state index in [1.807, 2.05) is 30.3 Å². The summed E-state index contributed by atoms with van der Waals surface area (Å²) < 4.78 is 7.21. The molecule has 27 heavy (non-hydrogen) atoms. The quantitative estimate of drug-likeness (QED) is 0.679. The minimum absolute atomic E-state index is 0.143. The molecule has 0 fully saturated rings. The van der Waals surface area contributed by atoms with Crippen LogP contribution in [0.3, 0.4) is 0 Å². The van der Waals surface area contributed by atoms with Gasteiger partial charge in [-0.15, -0.1) is 0 Å². The van der Waals surface area contributed by atoms with Crippen LogP contribution in [0.5, 0.6) is 5.88 Å². The molecule has 0 saturated carbocycles. The maximum Gasteiger partial charge on any atom is 0.244 e. The molecule has 0 aliphatic carbocycles. The number of para-hydroxylation sites is 1. The van der Waals surface area contributed by atoms with Gasteiger partial charge in [-0.25, -0.2) is 4.98 Å². The molecule has 5 heteroatoms. The second-order valence-electron chi connectivity index (χ2n) is 6.26. The van der Waals surface area contributed by atoms with Crippen LogP contribution < -0.4 is 10.1 Å². The molecule has 0 radical (unpaired) electrons. The van der Waals surface area contributed by atoms with E-state index in [-0.39, 0.29) is 5.91 Å². The number of rotatable bonds is 6. The lowest BCUT2D eigenvalue weighted by Gasteiger charge is -2.09. The molecule has 0 unspecified atom stereocenters. The number of aromatic nitrogens is 2. The van der Waals surface area contributed by atoms with Gasteiger partial charge in [0.1, 0.15) is 0 Å². The van der Waals surface area contributed by atoms with Gasteiger partial charge < -0.3 is 14.6 Å². The molecule has 2 aromatic heterocycles. The van der Waals surface area contributed by atoms with Crippen LogP contribution in [0.1, 0.15) is 22.5 Å². The molecule has 1 N–H and O–H groups in total. The second-order valence-corrected chi connectivity index (χ2v) is 6.26. The Labute approximate surface area is 159 Å². The number of carbonyl (C=O) groups excluding carboxylic acids is 1. The fraction of sp³-hybridized carbons (Fsp3) is 0.182. The lowest BCUT2D eigenvalue weighted by Crippen LogP contribution is -2.20. The van der Waals surface area contributed by atoms with E-state index in [1.165, 1.54) is 0 Å². The summed E-state index contributed by atoms with van der Waals surface area (Å²) in [6, 6.07) is 15.9. The zero-order valence-corrected chi connectivity index (χ0v) is 15.8. The van der Waals surface area contributed by atoms with E-state index in [9.17, 15) is 4.79 Å². The molecule has 1 amide bonds. The normalized spacial score (nSPS) is 10.9. The number of ether oxygens (including phenoxy) is 1. The third-order valence-electron chi connectivity index (χ3n) is 4.37. The molecule has 0 spiro atoms. The highest BCUT2D eigenvalue weighted by atomic mass is 16.5. The van der Waals surface area contributed by atoms with Crippen molar-refractivity contribution >= 4 is 12.0 Å². The van der Waals surface area contributed by atoms with Gasteiger partial charge in [0.15, 0.2) is 0 Å². The Hall–Kier alpha value is -3.34. The molecule has 5 nitrogen and oxygen atoms in total. The van der Waals surface area contributed by atoms with E-state index in [0.717, 1.165) is 28.2 Å². The van der Waals surface area contributed by atoms with Crippen molar-refractivity contribution < 1.29 is 9.53 Å². The standard InChI is InChI=1S/C22H23N3O2/c1-16-13-19(17(2)25(16)20-7-5-4-6-8-20)10-11-21(26)23-14-18-9-12-22(27-3)24-15-18/h4-13,15H,14H2,1-3H3,(H,23,26). The zero-order chi connectivity index (χ0) is 19.2. The van der Waals surface area contributed by atoms with Crippen LogP contribution in [0.15, 0.2) is 60.8 Å². The van der Waals surface area contributed by atoms with Crippen LogP contribution in [-0.4, -0.2) is 22.6 Å². The first-order valence-electron chi connectivity index (χ1n) is 8.77. The van der Waals surface area contributed by atoms with Gasteiger partial charge >= 0.3 is 0 Å². The Morgan fingerprint density at radius 3 is 2.63 bits per heavy atom. The van der Waals surface area contributed by atoms with E-state index < -0.39 is 0 Å². The maximum atomic E-state index is 12.1. The summed E-state index contributed by atoms with van der Waals surface area (Å²) in [5, 5.41) is 2.87. The van der Waals surface area contributed by atoms with E-state index in [4.69, 9.17) is 4.74 Å². The van der Waals surface area contributed by atoms with Crippen molar-refractivity contribution in [2.75, 3.05) is 7.11 Å². The summed E-state index contributed by atoms with van der Waals surface area (Å²) in [6.07, 6.45) is 5.10. The first-order chi connectivity index (χ1) is 13.1. The molecule has 3 rings (SSSR count). The SMILES string of the molecule is COc1ccc(CNC(=O)C=Cc2cc(C)n(-c3ccccc3)c2C)cn1. The topological polar surface area (TPSA) is 56.1 Å². The highest BCUT2D eigenvalue weighted by Gasteiger charge is 2.08. The van der Waals surface area contributed by atoms with Gasteiger partial charge in [-0.3, -0.25) is 4.79 Å².